The Bertz CT molecular complexity index is 841. The molecule has 26 heavy (non-hydrogen) atoms. The second-order valence-electron chi connectivity index (χ2n) is 6.40. The quantitative estimate of drug-likeness (QED) is 0.790. The average Bonchev–Trinajstić information content (AvgIpc) is 3.04. The molecule has 1 heterocycles. The third-order valence-electron chi connectivity index (χ3n) is 4.68. The van der Waals surface area contributed by atoms with E-state index in [1.807, 2.05) is 30.3 Å². The highest BCUT2D eigenvalue weighted by atomic mass is 79.9. The van der Waals surface area contributed by atoms with Gasteiger partial charge in [0.1, 0.15) is 5.82 Å². The fourth-order valence-electron chi connectivity index (χ4n) is 3.53. The molecule has 0 saturated carbocycles. The molecule has 0 unspecified atom stereocenters. The molecule has 0 aliphatic carbocycles. The van der Waals surface area contributed by atoms with Gasteiger partial charge in [0.25, 0.3) is 0 Å². The number of benzene rings is 2. The van der Waals surface area contributed by atoms with Crippen molar-refractivity contribution in [1.82, 2.24) is 5.01 Å². The highest BCUT2D eigenvalue weighted by Gasteiger charge is 2.46. The van der Waals surface area contributed by atoms with E-state index in [1.165, 1.54) is 18.0 Å². The van der Waals surface area contributed by atoms with E-state index >= 15 is 0 Å². The van der Waals surface area contributed by atoms with Gasteiger partial charge in [-0.2, -0.15) is 5.10 Å². The van der Waals surface area contributed by atoms with Crippen LogP contribution in [0.2, 0.25) is 0 Å². The van der Waals surface area contributed by atoms with E-state index in [2.05, 4.69) is 21.0 Å². The summed E-state index contributed by atoms with van der Waals surface area (Å²) in [7, 11) is 0. The Kier molecular flexibility index (Phi) is 5.53. The van der Waals surface area contributed by atoms with E-state index in [-0.39, 0.29) is 18.3 Å². The summed E-state index contributed by atoms with van der Waals surface area (Å²) in [5, 5.41) is 15.3. The fraction of sp³-hybridized carbons (Fsp3) is 0.300. The minimum Gasteiger partial charge on any atom is -0.396 e. The van der Waals surface area contributed by atoms with Crippen molar-refractivity contribution in [3.63, 3.8) is 0 Å². The van der Waals surface area contributed by atoms with Crippen LogP contribution in [0.5, 0.6) is 0 Å². The van der Waals surface area contributed by atoms with Crippen molar-refractivity contribution >= 4 is 27.5 Å². The Morgan fingerprint density at radius 2 is 2.04 bits per heavy atom. The highest BCUT2D eigenvalue weighted by Crippen LogP contribution is 2.43. The first-order chi connectivity index (χ1) is 12.5. The van der Waals surface area contributed by atoms with Crippen LogP contribution in [0.4, 0.5) is 4.39 Å². The van der Waals surface area contributed by atoms with Gasteiger partial charge in [-0.05, 0) is 36.6 Å². The van der Waals surface area contributed by atoms with Gasteiger partial charge in [0.15, 0.2) is 0 Å². The second-order valence-corrected chi connectivity index (χ2v) is 7.32. The van der Waals surface area contributed by atoms with E-state index in [4.69, 9.17) is 0 Å². The zero-order valence-corrected chi connectivity index (χ0v) is 16.0. The zero-order valence-electron chi connectivity index (χ0n) is 14.5. The zero-order chi connectivity index (χ0) is 18.7. The largest absolute Gasteiger partial charge is 0.396 e. The van der Waals surface area contributed by atoms with Crippen LogP contribution < -0.4 is 0 Å². The van der Waals surface area contributed by atoms with Gasteiger partial charge in [0.05, 0.1) is 11.3 Å². The molecule has 1 amide bonds. The van der Waals surface area contributed by atoms with Gasteiger partial charge >= 0.3 is 0 Å². The van der Waals surface area contributed by atoms with Crippen LogP contribution in [0.1, 0.15) is 37.3 Å². The molecule has 136 valence electrons. The van der Waals surface area contributed by atoms with Crippen molar-refractivity contribution in [3.8, 4) is 0 Å². The summed E-state index contributed by atoms with van der Waals surface area (Å²) in [5.74, 6) is -0.585. The molecule has 2 aromatic rings. The number of hydrogen-bond donors (Lipinski definition) is 1. The SMILES string of the molecule is CC(=O)N1N=C(c2cc(Br)ccc2F)C[C@@]1(CCCO)c1ccccc1. The maximum atomic E-state index is 14.4. The first-order valence-electron chi connectivity index (χ1n) is 8.48. The molecular weight excluding hydrogens is 399 g/mol. The van der Waals surface area contributed by atoms with E-state index in [9.17, 15) is 14.3 Å². The van der Waals surface area contributed by atoms with Gasteiger partial charge in [0, 0.05) is 30.0 Å². The molecular formula is C20H20BrFN2O2. The highest BCUT2D eigenvalue weighted by molar-refractivity contribution is 9.10. The van der Waals surface area contributed by atoms with Crippen LogP contribution in [0.3, 0.4) is 0 Å². The average molecular weight is 419 g/mol. The maximum Gasteiger partial charge on any atom is 0.240 e. The van der Waals surface area contributed by atoms with E-state index < -0.39 is 5.54 Å². The summed E-state index contributed by atoms with van der Waals surface area (Å²) >= 11 is 3.37. The Labute approximate surface area is 160 Å². The number of halogens is 2. The van der Waals surface area contributed by atoms with Crippen LogP contribution in [0, 0.1) is 5.82 Å². The van der Waals surface area contributed by atoms with Gasteiger partial charge in [-0.1, -0.05) is 46.3 Å². The van der Waals surface area contributed by atoms with Crippen molar-refractivity contribution in [3.05, 3.63) is 69.9 Å². The molecule has 1 N–H and O–H groups in total. The second kappa shape index (κ2) is 7.68. The lowest BCUT2D eigenvalue weighted by Crippen LogP contribution is -2.42. The number of carbonyl (C=O) groups excluding carboxylic acids is 1. The Morgan fingerprint density at radius 1 is 1.31 bits per heavy atom. The first-order valence-corrected chi connectivity index (χ1v) is 9.27. The molecule has 1 aliphatic rings. The topological polar surface area (TPSA) is 52.9 Å². The molecule has 0 saturated heterocycles. The predicted octanol–water partition coefficient (Wildman–Crippen LogP) is 4.21. The van der Waals surface area contributed by atoms with Crippen LogP contribution in [-0.4, -0.2) is 28.3 Å². The summed E-state index contributed by atoms with van der Waals surface area (Å²) in [6.07, 6.45) is 1.45. The van der Waals surface area contributed by atoms with Crippen LogP contribution in [-0.2, 0) is 10.3 Å². The number of aliphatic hydroxyl groups is 1. The normalized spacial score (nSPS) is 19.5. The van der Waals surface area contributed by atoms with Crippen molar-refractivity contribution in [2.24, 2.45) is 5.10 Å². The molecule has 0 spiro atoms. The standard InChI is InChI=1S/C20H20BrFN2O2/c1-14(26)24-20(10-5-11-25,15-6-3-2-4-7-15)13-19(23-24)17-12-16(21)8-9-18(17)22/h2-4,6-9,12,25H,5,10-11,13H2,1H3/t20-/m0/s1. The molecule has 1 atom stereocenters. The first kappa shape index (κ1) is 18.7. The molecule has 0 aromatic heterocycles. The summed E-state index contributed by atoms with van der Waals surface area (Å²) < 4.78 is 15.2. The number of hydrazone groups is 1. The lowest BCUT2D eigenvalue weighted by molar-refractivity contribution is -0.135. The lowest BCUT2D eigenvalue weighted by Gasteiger charge is -2.36. The minimum absolute atomic E-state index is 0.0148. The summed E-state index contributed by atoms with van der Waals surface area (Å²) in [6, 6.07) is 14.3. The maximum absolute atomic E-state index is 14.4. The Hall–Kier alpha value is -2.05. The third-order valence-corrected chi connectivity index (χ3v) is 5.18. The molecule has 2 aromatic carbocycles. The van der Waals surface area contributed by atoms with Crippen molar-refractivity contribution in [2.45, 2.75) is 31.7 Å². The summed E-state index contributed by atoms with van der Waals surface area (Å²) in [5.41, 5.74) is 1.12. The number of carbonyl (C=O) groups is 1. The van der Waals surface area contributed by atoms with Crippen molar-refractivity contribution in [2.75, 3.05) is 6.61 Å². The van der Waals surface area contributed by atoms with E-state index in [1.54, 1.807) is 12.1 Å². The van der Waals surface area contributed by atoms with E-state index in [0.717, 1.165) is 10.0 Å². The molecule has 1 aliphatic heterocycles. The number of aliphatic hydroxyl groups excluding tert-OH is 1. The Morgan fingerprint density at radius 3 is 2.69 bits per heavy atom. The monoisotopic (exact) mass is 418 g/mol. The molecule has 0 bridgehead atoms. The van der Waals surface area contributed by atoms with Gasteiger partial charge < -0.3 is 5.11 Å². The lowest BCUT2D eigenvalue weighted by atomic mass is 9.80. The van der Waals surface area contributed by atoms with Crippen molar-refractivity contribution in [1.29, 1.82) is 0 Å². The number of hydrogen-bond acceptors (Lipinski definition) is 3. The molecule has 3 rings (SSSR count). The van der Waals surface area contributed by atoms with Gasteiger partial charge in [-0.3, -0.25) is 4.79 Å². The fourth-order valence-corrected chi connectivity index (χ4v) is 3.89. The predicted molar refractivity (Wildman–Crippen MR) is 102 cm³/mol. The molecule has 4 nitrogen and oxygen atoms in total. The number of rotatable bonds is 5. The third kappa shape index (κ3) is 3.44. The molecule has 0 radical (unpaired) electrons. The molecule has 6 heteroatoms. The van der Waals surface area contributed by atoms with Crippen LogP contribution >= 0.6 is 15.9 Å². The van der Waals surface area contributed by atoms with Crippen molar-refractivity contribution < 1.29 is 14.3 Å². The summed E-state index contributed by atoms with van der Waals surface area (Å²) in [6.45, 7) is 1.47. The molecule has 0 fully saturated rings. The minimum atomic E-state index is -0.722. The van der Waals surface area contributed by atoms with E-state index in [0.29, 0.717) is 30.5 Å². The van der Waals surface area contributed by atoms with Gasteiger partial charge in [-0.25, -0.2) is 9.40 Å². The van der Waals surface area contributed by atoms with Crippen LogP contribution in [0.25, 0.3) is 0 Å². The van der Waals surface area contributed by atoms with Gasteiger partial charge in [-0.15, -0.1) is 0 Å². The smallest absolute Gasteiger partial charge is 0.240 e. The van der Waals surface area contributed by atoms with Gasteiger partial charge in [0.2, 0.25) is 5.91 Å². The summed E-state index contributed by atoms with van der Waals surface area (Å²) in [4.78, 5) is 12.4. The number of nitrogens with zero attached hydrogens (tertiary/aromatic N) is 2. The Balaban J connectivity index is 2.11. The van der Waals surface area contributed by atoms with Crippen LogP contribution in [0.15, 0.2) is 58.1 Å². The number of amides is 1.